The van der Waals surface area contributed by atoms with Crippen molar-refractivity contribution in [2.45, 2.75) is 50.9 Å². The number of carboxylic acid groups (broad SMARTS) is 2. The normalized spacial score (nSPS) is 10.2. The molecule has 22 heavy (non-hydrogen) atoms. The van der Waals surface area contributed by atoms with E-state index in [2.05, 4.69) is 6.92 Å². The smallest absolute Gasteiger partial charge is 0.549 e. The molecular formula is C16H20KLiO4. The van der Waals surface area contributed by atoms with E-state index in [1.165, 1.54) is 12.1 Å². The molecule has 0 spiro atoms. The Bertz CT molecular complexity index is 437. The zero-order valence-electron chi connectivity index (χ0n) is 13.8. The molecule has 0 radical (unpaired) electrons. The van der Waals surface area contributed by atoms with Crippen LogP contribution in [0.3, 0.4) is 0 Å². The van der Waals surface area contributed by atoms with Crippen molar-refractivity contribution in [3.8, 4) is 0 Å². The molecule has 0 saturated heterocycles. The van der Waals surface area contributed by atoms with Gasteiger partial charge in [0.1, 0.15) is 0 Å². The predicted molar refractivity (Wildman–Crippen MR) is 71.5 cm³/mol. The van der Waals surface area contributed by atoms with Gasteiger partial charge in [-0.2, -0.15) is 0 Å². The van der Waals surface area contributed by atoms with E-state index in [4.69, 9.17) is 0 Å². The summed E-state index contributed by atoms with van der Waals surface area (Å²) in [6.07, 6.45) is 4.45. The molecule has 0 aliphatic carbocycles. The summed E-state index contributed by atoms with van der Waals surface area (Å²) < 4.78 is 0. The Morgan fingerprint density at radius 2 is 1.45 bits per heavy atom. The van der Waals surface area contributed by atoms with Gasteiger partial charge in [-0.1, -0.05) is 69.4 Å². The summed E-state index contributed by atoms with van der Waals surface area (Å²) in [7, 11) is 0. The molecule has 1 aromatic rings. The summed E-state index contributed by atoms with van der Waals surface area (Å²) in [5, 5.41) is 22.9. The van der Waals surface area contributed by atoms with Gasteiger partial charge < -0.3 is 19.8 Å². The van der Waals surface area contributed by atoms with Gasteiger partial charge in [-0.15, -0.1) is 0 Å². The van der Waals surface area contributed by atoms with Crippen LogP contribution in [-0.2, 0) is 15.0 Å². The molecule has 1 aromatic carbocycles. The first-order chi connectivity index (χ1) is 9.55. The molecule has 0 aromatic heterocycles. The molecule has 0 bridgehead atoms. The van der Waals surface area contributed by atoms with Gasteiger partial charge in [-0.05, 0) is 12.0 Å². The van der Waals surface area contributed by atoms with Gasteiger partial charge in [-0.25, -0.2) is 0 Å². The van der Waals surface area contributed by atoms with E-state index in [9.17, 15) is 19.8 Å². The third kappa shape index (κ3) is 6.48. The van der Waals surface area contributed by atoms with Gasteiger partial charge in [0, 0.05) is 0 Å². The van der Waals surface area contributed by atoms with E-state index in [1.807, 2.05) is 0 Å². The number of carbonyl (C=O) groups excluding carboxylic acids is 2. The van der Waals surface area contributed by atoms with Crippen LogP contribution < -0.4 is 80.5 Å². The van der Waals surface area contributed by atoms with Crippen LogP contribution in [0.15, 0.2) is 30.3 Å². The Morgan fingerprint density at radius 1 is 0.955 bits per heavy atom. The molecule has 110 valence electrons. The van der Waals surface area contributed by atoms with Crippen molar-refractivity contribution < 1.29 is 90.0 Å². The molecule has 0 atom stereocenters. The van der Waals surface area contributed by atoms with Crippen molar-refractivity contribution in [1.29, 1.82) is 0 Å². The first kappa shape index (κ1) is 24.6. The second-order valence-corrected chi connectivity index (χ2v) is 5.01. The number of carbonyl (C=O) groups is 2. The van der Waals surface area contributed by atoms with Crippen LogP contribution in [0.2, 0.25) is 0 Å². The number of unbranched alkanes of at least 4 members (excludes halogenated alkanes) is 4. The zero-order chi connectivity index (χ0) is 15.0. The van der Waals surface area contributed by atoms with Crippen LogP contribution in [0.1, 0.15) is 51.0 Å². The Hall–Kier alpha value is 0.394. The van der Waals surface area contributed by atoms with E-state index in [-0.39, 0.29) is 82.2 Å². The second-order valence-electron chi connectivity index (χ2n) is 5.01. The quantitative estimate of drug-likeness (QED) is 0.259. The van der Waals surface area contributed by atoms with E-state index < -0.39 is 17.4 Å². The Morgan fingerprint density at radius 3 is 1.91 bits per heavy atom. The second kappa shape index (κ2) is 12.8. The van der Waals surface area contributed by atoms with Crippen molar-refractivity contribution in [3.63, 3.8) is 0 Å². The number of rotatable bonds is 9. The fourth-order valence-corrected chi connectivity index (χ4v) is 2.38. The predicted octanol–water partition coefficient (Wildman–Crippen LogP) is -5.21. The summed E-state index contributed by atoms with van der Waals surface area (Å²) in [4.78, 5) is 22.9. The molecule has 4 nitrogen and oxygen atoms in total. The minimum Gasteiger partial charge on any atom is -0.549 e. The molecule has 0 aliphatic rings. The van der Waals surface area contributed by atoms with E-state index >= 15 is 0 Å². The van der Waals surface area contributed by atoms with Crippen LogP contribution in [0, 0.1) is 0 Å². The first-order valence-electron chi connectivity index (χ1n) is 7.04. The van der Waals surface area contributed by atoms with E-state index in [1.54, 1.807) is 18.2 Å². The number of hydrogen-bond donors (Lipinski definition) is 0. The van der Waals surface area contributed by atoms with Crippen LogP contribution in [-0.4, -0.2) is 11.9 Å². The number of hydrogen-bond acceptors (Lipinski definition) is 4. The standard InChI is InChI=1S/C16H22O4.K.Li/c1-2-3-4-5-9-12-16(14(17)18,15(19)20)13-10-7-6-8-11-13;;/h6-8,10-11H,2-5,9,12H2,1H3,(H,17,18)(H,19,20);;/q;2*+1/p-2. The Kier molecular flexibility index (Phi) is 14.3. The monoisotopic (exact) mass is 322 g/mol. The average Bonchev–Trinajstić information content (AvgIpc) is 2.43. The van der Waals surface area contributed by atoms with Crippen molar-refractivity contribution in [1.82, 2.24) is 0 Å². The van der Waals surface area contributed by atoms with Gasteiger partial charge in [0.05, 0.1) is 17.4 Å². The molecular weight excluding hydrogens is 302 g/mol. The maximum Gasteiger partial charge on any atom is 1.00 e. The maximum atomic E-state index is 11.5. The molecule has 0 amide bonds. The summed E-state index contributed by atoms with van der Waals surface area (Å²) in [6.45, 7) is 2.08. The van der Waals surface area contributed by atoms with E-state index in [0.717, 1.165) is 25.7 Å². The van der Waals surface area contributed by atoms with Gasteiger partial charge in [0.2, 0.25) is 0 Å². The van der Waals surface area contributed by atoms with Crippen LogP contribution in [0.4, 0.5) is 0 Å². The topological polar surface area (TPSA) is 80.3 Å². The first-order valence-corrected chi connectivity index (χ1v) is 7.04. The number of aliphatic carboxylic acids is 2. The van der Waals surface area contributed by atoms with Crippen molar-refractivity contribution in [2.75, 3.05) is 0 Å². The summed E-state index contributed by atoms with van der Waals surface area (Å²) in [6, 6.07) is 7.94. The fourth-order valence-electron chi connectivity index (χ4n) is 2.38. The molecule has 0 fully saturated rings. The minimum absolute atomic E-state index is 0. The Balaban J connectivity index is 0. The third-order valence-electron chi connectivity index (χ3n) is 3.62. The maximum absolute atomic E-state index is 11.5. The van der Waals surface area contributed by atoms with Gasteiger partial charge in [0.25, 0.3) is 0 Å². The summed E-state index contributed by atoms with van der Waals surface area (Å²) >= 11 is 0. The summed E-state index contributed by atoms with van der Waals surface area (Å²) in [5.41, 5.74) is -1.83. The molecule has 6 heteroatoms. The zero-order valence-corrected chi connectivity index (χ0v) is 16.9. The van der Waals surface area contributed by atoms with E-state index in [0.29, 0.717) is 6.42 Å². The minimum atomic E-state index is -2.05. The van der Waals surface area contributed by atoms with Crippen molar-refractivity contribution >= 4 is 11.9 Å². The Labute approximate surface area is 186 Å². The number of carboxylic acids is 2. The van der Waals surface area contributed by atoms with Crippen molar-refractivity contribution in [3.05, 3.63) is 35.9 Å². The SMILES string of the molecule is CCCCCCCC(C(=O)[O-])(C(=O)[O-])c1ccccc1.[K+].[Li+]. The average molecular weight is 322 g/mol. The van der Waals surface area contributed by atoms with Gasteiger partial charge >= 0.3 is 70.2 Å². The molecule has 0 unspecified atom stereocenters. The third-order valence-corrected chi connectivity index (χ3v) is 3.62. The largest absolute Gasteiger partial charge is 1.00 e. The summed E-state index contributed by atoms with van der Waals surface area (Å²) in [5.74, 6) is -3.20. The van der Waals surface area contributed by atoms with Gasteiger partial charge in [-0.3, -0.25) is 0 Å². The number of benzene rings is 1. The van der Waals surface area contributed by atoms with Crippen LogP contribution >= 0.6 is 0 Å². The molecule has 0 aliphatic heterocycles. The molecule has 0 heterocycles. The molecule has 0 N–H and O–H groups in total. The fraction of sp³-hybridized carbons (Fsp3) is 0.500. The molecule has 0 saturated carbocycles. The van der Waals surface area contributed by atoms with Crippen LogP contribution in [0.25, 0.3) is 0 Å². The van der Waals surface area contributed by atoms with Crippen LogP contribution in [0.5, 0.6) is 0 Å². The molecule has 1 rings (SSSR count). The van der Waals surface area contributed by atoms with Crippen molar-refractivity contribution in [2.24, 2.45) is 0 Å². The van der Waals surface area contributed by atoms with Gasteiger partial charge in [0.15, 0.2) is 0 Å².